The largest absolute Gasteiger partial charge is 0.495 e. The number of carbonyl (C=O) groups is 2. The average molecular weight is 439 g/mol. The molecular formula is C24H23ClN2O4. The Balaban J connectivity index is 1.61. The Bertz CT molecular complexity index is 1080. The molecule has 1 unspecified atom stereocenters. The van der Waals surface area contributed by atoms with E-state index < -0.39 is 6.10 Å². The number of carbonyl (C=O) groups excluding carboxylic acids is 2. The van der Waals surface area contributed by atoms with Crippen molar-refractivity contribution in [3.8, 4) is 11.5 Å². The van der Waals surface area contributed by atoms with E-state index in [1.807, 2.05) is 31.2 Å². The van der Waals surface area contributed by atoms with Crippen LogP contribution in [-0.2, 0) is 4.79 Å². The van der Waals surface area contributed by atoms with Crippen molar-refractivity contribution in [2.45, 2.75) is 20.0 Å². The van der Waals surface area contributed by atoms with E-state index in [2.05, 4.69) is 10.6 Å². The van der Waals surface area contributed by atoms with Crippen molar-refractivity contribution >= 4 is 34.8 Å². The summed E-state index contributed by atoms with van der Waals surface area (Å²) in [5.41, 5.74) is 2.68. The van der Waals surface area contributed by atoms with Crippen LogP contribution in [0.25, 0.3) is 0 Å². The standard InChI is InChI=1S/C24H23ClN2O4/c1-15-6-4-5-7-20(15)26-24(29)17-8-11-19(12-9-17)31-16(2)23(28)27-21-14-18(25)10-13-22(21)30-3/h4-14,16H,1-3H3,(H,26,29)(H,27,28). The fraction of sp³-hybridized carbons (Fsp3) is 0.167. The van der Waals surface area contributed by atoms with Crippen molar-refractivity contribution in [3.05, 3.63) is 82.9 Å². The van der Waals surface area contributed by atoms with Crippen molar-refractivity contribution in [2.24, 2.45) is 0 Å². The van der Waals surface area contributed by atoms with Crippen molar-refractivity contribution < 1.29 is 19.1 Å². The molecule has 0 bridgehead atoms. The first-order valence-electron chi connectivity index (χ1n) is 9.65. The number of nitrogens with one attached hydrogen (secondary N) is 2. The fourth-order valence-electron chi connectivity index (χ4n) is 2.86. The van der Waals surface area contributed by atoms with Gasteiger partial charge in [0, 0.05) is 16.3 Å². The van der Waals surface area contributed by atoms with Crippen LogP contribution in [-0.4, -0.2) is 25.0 Å². The molecule has 0 fully saturated rings. The van der Waals surface area contributed by atoms with Gasteiger partial charge in [-0.15, -0.1) is 0 Å². The van der Waals surface area contributed by atoms with E-state index in [1.165, 1.54) is 7.11 Å². The van der Waals surface area contributed by atoms with Crippen LogP contribution < -0.4 is 20.1 Å². The lowest BCUT2D eigenvalue weighted by atomic mass is 10.1. The Morgan fingerprint density at radius 1 is 0.935 bits per heavy atom. The average Bonchev–Trinajstić information content (AvgIpc) is 2.76. The van der Waals surface area contributed by atoms with Crippen LogP contribution in [0.2, 0.25) is 5.02 Å². The van der Waals surface area contributed by atoms with Crippen molar-refractivity contribution in [2.75, 3.05) is 17.7 Å². The third kappa shape index (κ3) is 5.77. The first kappa shape index (κ1) is 22.2. The van der Waals surface area contributed by atoms with Gasteiger partial charge in [-0.05, 0) is 67.9 Å². The van der Waals surface area contributed by atoms with Gasteiger partial charge < -0.3 is 20.1 Å². The highest BCUT2D eigenvalue weighted by molar-refractivity contribution is 6.31. The summed E-state index contributed by atoms with van der Waals surface area (Å²) >= 11 is 6.00. The van der Waals surface area contributed by atoms with Gasteiger partial charge in [0.05, 0.1) is 12.8 Å². The minimum Gasteiger partial charge on any atom is -0.495 e. The number of para-hydroxylation sites is 1. The van der Waals surface area contributed by atoms with Crippen molar-refractivity contribution in [1.82, 2.24) is 0 Å². The molecule has 0 spiro atoms. The molecule has 3 aromatic carbocycles. The predicted molar refractivity (Wildman–Crippen MR) is 122 cm³/mol. The Morgan fingerprint density at radius 2 is 1.65 bits per heavy atom. The van der Waals surface area contributed by atoms with Gasteiger partial charge in [0.15, 0.2) is 6.10 Å². The summed E-state index contributed by atoms with van der Waals surface area (Å²) in [6.45, 7) is 3.56. The summed E-state index contributed by atoms with van der Waals surface area (Å²) < 4.78 is 10.9. The third-order valence-corrected chi connectivity index (χ3v) is 4.85. The first-order chi connectivity index (χ1) is 14.9. The van der Waals surface area contributed by atoms with E-state index in [-0.39, 0.29) is 11.8 Å². The zero-order valence-corrected chi connectivity index (χ0v) is 18.2. The van der Waals surface area contributed by atoms with Gasteiger partial charge in [-0.3, -0.25) is 9.59 Å². The van der Waals surface area contributed by atoms with Crippen LogP contribution in [0.1, 0.15) is 22.8 Å². The highest BCUT2D eigenvalue weighted by atomic mass is 35.5. The van der Waals surface area contributed by atoms with Crippen molar-refractivity contribution in [3.63, 3.8) is 0 Å². The van der Waals surface area contributed by atoms with Gasteiger partial charge in [0.2, 0.25) is 0 Å². The van der Waals surface area contributed by atoms with E-state index >= 15 is 0 Å². The number of hydrogen-bond acceptors (Lipinski definition) is 4. The lowest BCUT2D eigenvalue weighted by Gasteiger charge is -2.16. The van der Waals surface area contributed by atoms with Crippen LogP contribution in [0.5, 0.6) is 11.5 Å². The summed E-state index contributed by atoms with van der Waals surface area (Å²) in [7, 11) is 1.51. The number of rotatable bonds is 7. The Kier molecular flexibility index (Phi) is 7.15. The molecule has 160 valence electrons. The molecule has 1 atom stereocenters. The lowest BCUT2D eigenvalue weighted by molar-refractivity contribution is -0.122. The maximum atomic E-state index is 12.5. The monoisotopic (exact) mass is 438 g/mol. The molecule has 0 saturated heterocycles. The molecule has 2 N–H and O–H groups in total. The second kappa shape index (κ2) is 10.00. The van der Waals surface area contributed by atoms with Crippen LogP contribution in [0, 0.1) is 6.92 Å². The molecule has 0 aromatic heterocycles. The molecule has 3 aromatic rings. The predicted octanol–water partition coefficient (Wildman–Crippen LogP) is 5.32. The van der Waals surface area contributed by atoms with E-state index in [9.17, 15) is 9.59 Å². The van der Waals surface area contributed by atoms with Gasteiger partial charge in [-0.1, -0.05) is 29.8 Å². The smallest absolute Gasteiger partial charge is 0.265 e. The summed E-state index contributed by atoms with van der Waals surface area (Å²) in [6, 6.07) is 19.1. The fourth-order valence-corrected chi connectivity index (χ4v) is 3.03. The molecule has 0 radical (unpaired) electrons. The van der Waals surface area contributed by atoms with Gasteiger partial charge in [-0.2, -0.15) is 0 Å². The SMILES string of the molecule is COc1ccc(Cl)cc1NC(=O)C(C)Oc1ccc(C(=O)Nc2ccccc2C)cc1. The molecule has 0 aliphatic carbocycles. The molecule has 0 aliphatic rings. The number of benzene rings is 3. The van der Waals surface area contributed by atoms with Gasteiger partial charge in [-0.25, -0.2) is 0 Å². The molecule has 0 heterocycles. The maximum Gasteiger partial charge on any atom is 0.265 e. The normalized spacial score (nSPS) is 11.4. The minimum absolute atomic E-state index is 0.223. The molecular weight excluding hydrogens is 416 g/mol. The number of anilines is 2. The Hall–Kier alpha value is -3.51. The van der Waals surface area contributed by atoms with E-state index in [4.69, 9.17) is 21.1 Å². The number of aryl methyl sites for hydroxylation is 1. The Labute approximate surface area is 186 Å². The minimum atomic E-state index is -0.782. The molecule has 7 heteroatoms. The van der Waals surface area contributed by atoms with Crippen LogP contribution in [0.4, 0.5) is 11.4 Å². The number of amides is 2. The molecule has 31 heavy (non-hydrogen) atoms. The van der Waals surface area contributed by atoms with Crippen molar-refractivity contribution in [1.29, 1.82) is 0 Å². The zero-order chi connectivity index (χ0) is 22.4. The molecule has 0 saturated carbocycles. The number of ether oxygens (including phenoxy) is 2. The van der Waals surface area contributed by atoms with Crippen LogP contribution >= 0.6 is 11.6 Å². The quantitative estimate of drug-likeness (QED) is 0.523. The number of hydrogen-bond donors (Lipinski definition) is 2. The molecule has 0 aliphatic heterocycles. The second-order valence-electron chi connectivity index (χ2n) is 6.89. The van der Waals surface area contributed by atoms with Gasteiger partial charge in [0.25, 0.3) is 11.8 Å². The summed E-state index contributed by atoms with van der Waals surface area (Å²) in [5.74, 6) is 0.378. The summed E-state index contributed by atoms with van der Waals surface area (Å²) in [6.07, 6.45) is -0.782. The molecule has 3 rings (SSSR count). The first-order valence-corrected chi connectivity index (χ1v) is 10.0. The van der Waals surface area contributed by atoms with Crippen LogP contribution in [0.15, 0.2) is 66.7 Å². The molecule has 2 amide bonds. The molecule has 6 nitrogen and oxygen atoms in total. The lowest BCUT2D eigenvalue weighted by Crippen LogP contribution is -2.30. The zero-order valence-electron chi connectivity index (χ0n) is 17.4. The number of methoxy groups -OCH3 is 1. The van der Waals surface area contributed by atoms with E-state index in [1.54, 1.807) is 49.4 Å². The topological polar surface area (TPSA) is 76.7 Å². The second-order valence-corrected chi connectivity index (χ2v) is 7.32. The van der Waals surface area contributed by atoms with Crippen LogP contribution in [0.3, 0.4) is 0 Å². The van der Waals surface area contributed by atoms with E-state index in [0.29, 0.717) is 27.8 Å². The summed E-state index contributed by atoms with van der Waals surface area (Å²) in [4.78, 5) is 25.0. The highest BCUT2D eigenvalue weighted by Crippen LogP contribution is 2.28. The number of halogens is 1. The maximum absolute atomic E-state index is 12.5. The third-order valence-electron chi connectivity index (χ3n) is 4.61. The Morgan fingerprint density at radius 3 is 2.32 bits per heavy atom. The van der Waals surface area contributed by atoms with E-state index in [0.717, 1.165) is 11.3 Å². The van der Waals surface area contributed by atoms with Gasteiger partial charge >= 0.3 is 0 Å². The summed E-state index contributed by atoms with van der Waals surface area (Å²) in [5, 5.41) is 6.10. The van der Waals surface area contributed by atoms with Gasteiger partial charge in [0.1, 0.15) is 11.5 Å². The highest BCUT2D eigenvalue weighted by Gasteiger charge is 2.17.